The summed E-state index contributed by atoms with van der Waals surface area (Å²) < 4.78 is 5.96. The molecule has 3 nitrogen and oxygen atoms in total. The summed E-state index contributed by atoms with van der Waals surface area (Å²) in [5, 5.41) is 10.1. The SMILES string of the molecule is CC1(C)C=C(c2ccccc2)c2cc(CC=O)c(O)cc2O1. The van der Waals surface area contributed by atoms with Crippen molar-refractivity contribution in [2.75, 3.05) is 0 Å². The Bertz CT molecular complexity index is 743. The Hall–Kier alpha value is -2.55. The minimum atomic E-state index is -0.462. The third kappa shape index (κ3) is 2.62. The van der Waals surface area contributed by atoms with Crippen molar-refractivity contribution in [1.29, 1.82) is 0 Å². The predicted molar refractivity (Wildman–Crippen MR) is 86.1 cm³/mol. The molecule has 3 heteroatoms. The molecule has 0 unspecified atom stereocenters. The highest BCUT2D eigenvalue weighted by Crippen LogP contribution is 2.42. The number of aromatic hydroxyl groups is 1. The number of fused-ring (bicyclic) bond motifs is 1. The molecule has 0 spiro atoms. The summed E-state index contributed by atoms with van der Waals surface area (Å²) in [5.41, 5.74) is 3.19. The van der Waals surface area contributed by atoms with Crippen LogP contribution in [0.2, 0.25) is 0 Å². The minimum absolute atomic E-state index is 0.0935. The first-order chi connectivity index (χ1) is 10.5. The zero-order valence-electron chi connectivity index (χ0n) is 12.7. The molecule has 0 aliphatic carbocycles. The Labute approximate surface area is 129 Å². The van der Waals surface area contributed by atoms with E-state index in [9.17, 15) is 9.90 Å². The van der Waals surface area contributed by atoms with Gasteiger partial charge in [-0.2, -0.15) is 0 Å². The molecule has 1 heterocycles. The van der Waals surface area contributed by atoms with Gasteiger partial charge in [0, 0.05) is 23.6 Å². The molecule has 1 aliphatic rings. The first-order valence-corrected chi connectivity index (χ1v) is 7.27. The Kier molecular flexibility index (Phi) is 3.49. The summed E-state index contributed by atoms with van der Waals surface area (Å²) >= 11 is 0. The Morgan fingerprint density at radius 3 is 2.59 bits per heavy atom. The van der Waals surface area contributed by atoms with E-state index in [0.29, 0.717) is 11.3 Å². The second-order valence-electron chi connectivity index (χ2n) is 5.98. The average Bonchev–Trinajstić information content (AvgIpc) is 2.48. The molecule has 0 amide bonds. The summed E-state index contributed by atoms with van der Waals surface area (Å²) in [4.78, 5) is 10.8. The Balaban J connectivity index is 2.20. The van der Waals surface area contributed by atoms with Crippen LogP contribution < -0.4 is 4.74 Å². The third-order valence-corrected chi connectivity index (χ3v) is 3.72. The summed E-state index contributed by atoms with van der Waals surface area (Å²) in [6.45, 7) is 3.96. The van der Waals surface area contributed by atoms with Crippen LogP contribution in [0.5, 0.6) is 11.5 Å². The first-order valence-electron chi connectivity index (χ1n) is 7.27. The van der Waals surface area contributed by atoms with Gasteiger partial charge in [-0.05, 0) is 37.1 Å². The van der Waals surface area contributed by atoms with E-state index in [1.54, 1.807) is 6.07 Å². The second-order valence-corrected chi connectivity index (χ2v) is 5.98. The van der Waals surface area contributed by atoms with E-state index in [4.69, 9.17) is 4.74 Å². The third-order valence-electron chi connectivity index (χ3n) is 3.72. The van der Waals surface area contributed by atoms with Crippen molar-refractivity contribution >= 4 is 11.9 Å². The van der Waals surface area contributed by atoms with Gasteiger partial charge in [0.25, 0.3) is 0 Å². The lowest BCUT2D eigenvalue weighted by atomic mass is 9.88. The largest absolute Gasteiger partial charge is 0.508 e. The van der Waals surface area contributed by atoms with E-state index in [-0.39, 0.29) is 12.2 Å². The van der Waals surface area contributed by atoms with Crippen molar-refractivity contribution in [3.05, 3.63) is 65.2 Å². The number of hydrogen-bond acceptors (Lipinski definition) is 3. The number of ether oxygens (including phenoxy) is 1. The molecule has 0 fully saturated rings. The van der Waals surface area contributed by atoms with Crippen molar-refractivity contribution in [3.63, 3.8) is 0 Å². The lowest BCUT2D eigenvalue weighted by Crippen LogP contribution is -2.29. The highest BCUT2D eigenvalue weighted by Gasteiger charge is 2.28. The Morgan fingerprint density at radius 1 is 1.18 bits per heavy atom. The summed E-state index contributed by atoms with van der Waals surface area (Å²) in [7, 11) is 0. The van der Waals surface area contributed by atoms with Gasteiger partial charge < -0.3 is 14.6 Å². The normalized spacial score (nSPS) is 15.5. The quantitative estimate of drug-likeness (QED) is 0.877. The van der Waals surface area contributed by atoms with Gasteiger partial charge in [0.1, 0.15) is 23.4 Å². The molecule has 1 aliphatic heterocycles. The fourth-order valence-corrected chi connectivity index (χ4v) is 2.76. The van der Waals surface area contributed by atoms with Crippen molar-refractivity contribution in [2.45, 2.75) is 25.9 Å². The van der Waals surface area contributed by atoms with Crippen LogP contribution in [-0.2, 0) is 11.2 Å². The van der Waals surface area contributed by atoms with E-state index in [0.717, 1.165) is 23.0 Å². The van der Waals surface area contributed by atoms with Crippen LogP contribution in [0.3, 0.4) is 0 Å². The molecular weight excluding hydrogens is 276 g/mol. The highest BCUT2D eigenvalue weighted by atomic mass is 16.5. The van der Waals surface area contributed by atoms with Gasteiger partial charge in [0.2, 0.25) is 0 Å². The minimum Gasteiger partial charge on any atom is -0.508 e. The smallest absolute Gasteiger partial charge is 0.132 e. The lowest BCUT2D eigenvalue weighted by Gasteiger charge is -2.31. The number of phenolic OH excluding ortho intramolecular Hbond substituents is 1. The predicted octanol–water partition coefficient (Wildman–Crippen LogP) is 3.74. The second kappa shape index (κ2) is 5.34. The number of benzene rings is 2. The van der Waals surface area contributed by atoms with Gasteiger partial charge in [-0.25, -0.2) is 0 Å². The summed E-state index contributed by atoms with van der Waals surface area (Å²) in [5.74, 6) is 0.731. The molecule has 1 N–H and O–H groups in total. The van der Waals surface area contributed by atoms with Gasteiger partial charge in [0.05, 0.1) is 0 Å². The Morgan fingerprint density at radius 2 is 1.91 bits per heavy atom. The molecule has 22 heavy (non-hydrogen) atoms. The zero-order chi connectivity index (χ0) is 15.7. The number of phenols is 1. The number of carbonyl (C=O) groups excluding carboxylic acids is 1. The first kappa shape index (κ1) is 14.4. The van der Waals surface area contributed by atoms with Crippen LogP contribution in [0.15, 0.2) is 48.5 Å². The van der Waals surface area contributed by atoms with Crippen LogP contribution >= 0.6 is 0 Å². The number of rotatable bonds is 3. The van der Waals surface area contributed by atoms with Crippen LogP contribution in [0.25, 0.3) is 5.57 Å². The van der Waals surface area contributed by atoms with E-state index in [1.807, 2.05) is 50.2 Å². The van der Waals surface area contributed by atoms with E-state index < -0.39 is 5.60 Å². The van der Waals surface area contributed by atoms with Gasteiger partial charge in [-0.15, -0.1) is 0 Å². The molecule has 0 aromatic heterocycles. The molecule has 2 aromatic rings. The number of aldehydes is 1. The fraction of sp³-hybridized carbons (Fsp3) is 0.211. The maximum atomic E-state index is 10.8. The molecule has 2 aromatic carbocycles. The van der Waals surface area contributed by atoms with Gasteiger partial charge in [0.15, 0.2) is 0 Å². The van der Waals surface area contributed by atoms with Crippen LogP contribution in [0.1, 0.15) is 30.5 Å². The lowest BCUT2D eigenvalue weighted by molar-refractivity contribution is -0.107. The van der Waals surface area contributed by atoms with Crippen LogP contribution in [0.4, 0.5) is 0 Å². The highest BCUT2D eigenvalue weighted by molar-refractivity contribution is 5.85. The van der Waals surface area contributed by atoms with Gasteiger partial charge in [-0.3, -0.25) is 0 Å². The van der Waals surface area contributed by atoms with E-state index in [2.05, 4.69) is 6.08 Å². The topological polar surface area (TPSA) is 46.5 Å². The average molecular weight is 294 g/mol. The zero-order valence-corrected chi connectivity index (χ0v) is 12.7. The maximum Gasteiger partial charge on any atom is 0.132 e. The molecule has 0 saturated heterocycles. The number of hydrogen-bond donors (Lipinski definition) is 1. The van der Waals surface area contributed by atoms with Crippen molar-refractivity contribution in [3.8, 4) is 11.5 Å². The monoisotopic (exact) mass is 294 g/mol. The van der Waals surface area contributed by atoms with Crippen molar-refractivity contribution in [2.24, 2.45) is 0 Å². The molecular formula is C19H18O3. The van der Waals surface area contributed by atoms with Crippen molar-refractivity contribution < 1.29 is 14.6 Å². The van der Waals surface area contributed by atoms with E-state index >= 15 is 0 Å². The van der Waals surface area contributed by atoms with Gasteiger partial charge in [-0.1, -0.05) is 30.3 Å². The molecule has 0 atom stereocenters. The van der Waals surface area contributed by atoms with Crippen molar-refractivity contribution in [1.82, 2.24) is 0 Å². The maximum absolute atomic E-state index is 10.8. The van der Waals surface area contributed by atoms with Crippen LogP contribution in [0, 0.1) is 0 Å². The summed E-state index contributed by atoms with van der Waals surface area (Å²) in [6.07, 6.45) is 3.05. The molecule has 0 bridgehead atoms. The molecule has 0 radical (unpaired) electrons. The molecule has 0 saturated carbocycles. The van der Waals surface area contributed by atoms with E-state index in [1.165, 1.54) is 0 Å². The van der Waals surface area contributed by atoms with Crippen LogP contribution in [-0.4, -0.2) is 17.0 Å². The summed E-state index contributed by atoms with van der Waals surface area (Å²) in [6, 6.07) is 13.5. The standard InChI is InChI=1S/C19H18O3/c1-19(2)12-16(13-6-4-3-5-7-13)15-10-14(8-9-20)17(21)11-18(15)22-19/h3-7,9-12,21H,8H2,1-2H3. The molecule has 112 valence electrons. The van der Waals surface area contributed by atoms with Gasteiger partial charge >= 0.3 is 0 Å². The molecule has 3 rings (SSSR count). The number of carbonyl (C=O) groups is 1. The fourth-order valence-electron chi connectivity index (χ4n) is 2.76.